The second kappa shape index (κ2) is 11.9. The minimum Gasteiger partial charge on any atom is -0.324 e. The van der Waals surface area contributed by atoms with Gasteiger partial charge in [-0.25, -0.2) is 9.97 Å². The number of hydrogen-bond donors (Lipinski definition) is 2. The van der Waals surface area contributed by atoms with Crippen LogP contribution < -0.4 is 10.0 Å². The summed E-state index contributed by atoms with van der Waals surface area (Å²) in [5.74, 6) is 0.594. The van der Waals surface area contributed by atoms with E-state index in [1.165, 1.54) is 30.8 Å². The number of allylic oxidation sites excluding steroid dienone is 4. The van der Waals surface area contributed by atoms with Crippen molar-refractivity contribution in [1.29, 1.82) is 0 Å². The summed E-state index contributed by atoms with van der Waals surface area (Å²) in [6.45, 7) is 12.8. The van der Waals surface area contributed by atoms with Crippen LogP contribution in [0.15, 0.2) is 47.8 Å². The third-order valence-electron chi connectivity index (χ3n) is 4.32. The maximum absolute atomic E-state index is 4.33. The Bertz CT molecular complexity index is 603. The Morgan fingerprint density at radius 2 is 1.96 bits per heavy atom. The van der Waals surface area contributed by atoms with E-state index < -0.39 is 0 Å². The standard InChI is InChI=1S/C20H31N5S/c1-4-17-15-21-20(22-16-17)24-18(5-2)9-10-19(6-3)26-23-11-14-25-12-7-8-13-25/h5,9-10,15-16,23H,2,4,6-8,11-14H2,1,3H3,(H,21,22,24)/b18-9+,19-10+. The lowest BCUT2D eigenvalue weighted by Gasteiger charge is -2.14. The van der Waals surface area contributed by atoms with E-state index in [4.69, 9.17) is 0 Å². The zero-order chi connectivity index (χ0) is 18.6. The van der Waals surface area contributed by atoms with E-state index >= 15 is 0 Å². The minimum atomic E-state index is 0.594. The molecule has 0 amide bonds. The van der Waals surface area contributed by atoms with E-state index in [0.717, 1.165) is 37.2 Å². The Morgan fingerprint density at radius 1 is 1.23 bits per heavy atom. The summed E-state index contributed by atoms with van der Waals surface area (Å²) in [5.41, 5.74) is 2.02. The third-order valence-corrected chi connectivity index (χ3v) is 5.35. The monoisotopic (exact) mass is 373 g/mol. The van der Waals surface area contributed by atoms with Crippen molar-refractivity contribution in [3.05, 3.63) is 53.4 Å². The number of likely N-dealkylation sites (tertiary alicyclic amines) is 1. The average Bonchev–Trinajstić information content (AvgIpc) is 3.20. The highest BCUT2D eigenvalue weighted by Gasteiger charge is 2.10. The molecule has 0 aliphatic carbocycles. The van der Waals surface area contributed by atoms with Gasteiger partial charge in [0.05, 0.1) is 0 Å². The summed E-state index contributed by atoms with van der Waals surface area (Å²) in [6, 6.07) is 0. The third kappa shape index (κ3) is 7.32. The number of rotatable bonds is 11. The summed E-state index contributed by atoms with van der Waals surface area (Å²) in [5, 5.41) is 3.20. The molecule has 5 nitrogen and oxygen atoms in total. The van der Waals surface area contributed by atoms with Crippen LogP contribution in [0.5, 0.6) is 0 Å². The number of nitrogens with zero attached hydrogens (tertiary/aromatic N) is 3. The molecule has 0 atom stereocenters. The van der Waals surface area contributed by atoms with Gasteiger partial charge in [-0.05, 0) is 74.5 Å². The average molecular weight is 374 g/mol. The molecule has 26 heavy (non-hydrogen) atoms. The molecule has 0 spiro atoms. The molecule has 2 N–H and O–H groups in total. The van der Waals surface area contributed by atoms with Crippen LogP contribution in [0.3, 0.4) is 0 Å². The molecule has 0 aromatic carbocycles. The van der Waals surface area contributed by atoms with Gasteiger partial charge in [0.1, 0.15) is 0 Å². The normalized spacial score (nSPS) is 16.1. The summed E-state index contributed by atoms with van der Waals surface area (Å²) >= 11 is 1.72. The molecule has 0 unspecified atom stereocenters. The van der Waals surface area contributed by atoms with Crippen molar-refractivity contribution < 1.29 is 0 Å². The molecule has 1 aliphatic rings. The summed E-state index contributed by atoms with van der Waals surface area (Å²) in [4.78, 5) is 12.5. The summed E-state index contributed by atoms with van der Waals surface area (Å²) < 4.78 is 3.47. The molecular formula is C20H31N5S. The van der Waals surface area contributed by atoms with E-state index in [-0.39, 0.29) is 0 Å². The molecule has 2 heterocycles. The van der Waals surface area contributed by atoms with E-state index in [1.54, 1.807) is 18.0 Å². The van der Waals surface area contributed by atoms with Crippen LogP contribution in [0.1, 0.15) is 38.7 Å². The van der Waals surface area contributed by atoms with Crippen LogP contribution in [0.2, 0.25) is 0 Å². The smallest absolute Gasteiger partial charge is 0.227 e. The predicted octanol–water partition coefficient (Wildman–Crippen LogP) is 4.15. The first-order valence-electron chi connectivity index (χ1n) is 9.48. The molecule has 2 rings (SSSR count). The first-order valence-corrected chi connectivity index (χ1v) is 10.3. The van der Waals surface area contributed by atoms with Crippen molar-refractivity contribution >= 4 is 17.9 Å². The fraction of sp³-hybridized carbons (Fsp3) is 0.500. The van der Waals surface area contributed by atoms with Gasteiger partial charge in [0.25, 0.3) is 0 Å². The van der Waals surface area contributed by atoms with E-state index in [0.29, 0.717) is 5.95 Å². The first-order chi connectivity index (χ1) is 12.7. The molecule has 0 saturated carbocycles. The number of anilines is 1. The molecule has 1 saturated heterocycles. The van der Waals surface area contributed by atoms with Crippen molar-refractivity contribution in [3.8, 4) is 0 Å². The van der Waals surface area contributed by atoms with Gasteiger partial charge >= 0.3 is 0 Å². The van der Waals surface area contributed by atoms with Crippen LogP contribution in [0.4, 0.5) is 5.95 Å². The molecular weight excluding hydrogens is 342 g/mol. The lowest BCUT2D eigenvalue weighted by atomic mass is 10.3. The van der Waals surface area contributed by atoms with Gasteiger partial charge in [0.15, 0.2) is 0 Å². The topological polar surface area (TPSA) is 53.1 Å². The van der Waals surface area contributed by atoms with Crippen molar-refractivity contribution in [2.45, 2.75) is 39.5 Å². The van der Waals surface area contributed by atoms with Crippen LogP contribution in [-0.4, -0.2) is 41.0 Å². The lowest BCUT2D eigenvalue weighted by molar-refractivity contribution is 0.345. The van der Waals surface area contributed by atoms with Crippen LogP contribution in [0.25, 0.3) is 0 Å². The van der Waals surface area contributed by atoms with Crippen molar-refractivity contribution in [2.75, 3.05) is 31.5 Å². The highest BCUT2D eigenvalue weighted by atomic mass is 32.2. The quantitative estimate of drug-likeness (QED) is 0.345. The Balaban J connectivity index is 1.82. The minimum absolute atomic E-state index is 0.594. The molecule has 1 aromatic heterocycles. The Labute approximate surface area is 162 Å². The maximum Gasteiger partial charge on any atom is 0.227 e. The predicted molar refractivity (Wildman–Crippen MR) is 113 cm³/mol. The molecule has 142 valence electrons. The lowest BCUT2D eigenvalue weighted by Crippen LogP contribution is -2.27. The Kier molecular flexibility index (Phi) is 9.45. The number of aromatic nitrogens is 2. The Hall–Kier alpha value is -1.63. The highest BCUT2D eigenvalue weighted by Crippen LogP contribution is 2.16. The Morgan fingerprint density at radius 3 is 2.58 bits per heavy atom. The molecule has 0 bridgehead atoms. The maximum atomic E-state index is 4.33. The molecule has 1 aliphatic heterocycles. The van der Waals surface area contributed by atoms with Gasteiger partial charge < -0.3 is 10.2 Å². The largest absolute Gasteiger partial charge is 0.324 e. The van der Waals surface area contributed by atoms with E-state index in [1.807, 2.05) is 18.5 Å². The van der Waals surface area contributed by atoms with Gasteiger partial charge in [-0.15, -0.1) is 0 Å². The van der Waals surface area contributed by atoms with Crippen molar-refractivity contribution in [3.63, 3.8) is 0 Å². The van der Waals surface area contributed by atoms with Crippen LogP contribution in [-0.2, 0) is 6.42 Å². The second-order valence-corrected chi connectivity index (χ2v) is 7.27. The van der Waals surface area contributed by atoms with Gasteiger partial charge in [-0.1, -0.05) is 20.4 Å². The van der Waals surface area contributed by atoms with Crippen LogP contribution >= 0.6 is 11.9 Å². The van der Waals surface area contributed by atoms with Gasteiger partial charge in [-0.2, -0.15) is 0 Å². The number of hydrogen-bond acceptors (Lipinski definition) is 6. The number of nitrogens with one attached hydrogen (secondary N) is 2. The fourth-order valence-electron chi connectivity index (χ4n) is 2.65. The van der Waals surface area contributed by atoms with Gasteiger partial charge in [0, 0.05) is 36.1 Å². The summed E-state index contributed by atoms with van der Waals surface area (Å²) in [7, 11) is 0. The zero-order valence-electron chi connectivity index (χ0n) is 16.0. The molecule has 0 radical (unpaired) electrons. The first kappa shape index (κ1) is 20.7. The molecule has 1 fully saturated rings. The van der Waals surface area contributed by atoms with E-state index in [2.05, 4.69) is 51.4 Å². The van der Waals surface area contributed by atoms with Crippen LogP contribution in [0, 0.1) is 0 Å². The number of aryl methyl sites for hydroxylation is 1. The van der Waals surface area contributed by atoms with Gasteiger partial charge in [0.2, 0.25) is 5.95 Å². The second-order valence-electron chi connectivity index (χ2n) is 6.25. The van der Waals surface area contributed by atoms with E-state index in [9.17, 15) is 0 Å². The molecule has 1 aromatic rings. The fourth-order valence-corrected chi connectivity index (χ4v) is 3.31. The van der Waals surface area contributed by atoms with Crippen molar-refractivity contribution in [1.82, 2.24) is 19.6 Å². The van der Waals surface area contributed by atoms with Crippen molar-refractivity contribution in [2.24, 2.45) is 0 Å². The molecule has 6 heteroatoms. The SMILES string of the molecule is C=C/C(=C\C=C(/CC)SNCCN1CCCC1)Nc1ncc(CC)cn1. The van der Waals surface area contributed by atoms with Gasteiger partial charge in [-0.3, -0.25) is 4.72 Å². The summed E-state index contributed by atoms with van der Waals surface area (Å²) in [6.07, 6.45) is 14.3. The zero-order valence-corrected chi connectivity index (χ0v) is 16.8. The highest BCUT2D eigenvalue weighted by molar-refractivity contribution is 8.01.